The summed E-state index contributed by atoms with van der Waals surface area (Å²) in [5.41, 5.74) is 4.39. The third-order valence-corrected chi connectivity index (χ3v) is 7.31. The monoisotopic (exact) mass is 400 g/mol. The topological polar surface area (TPSA) is 55.1 Å². The predicted molar refractivity (Wildman–Crippen MR) is 114 cm³/mol. The molecular weight excluding hydrogens is 376 g/mol. The van der Waals surface area contributed by atoms with E-state index in [9.17, 15) is 4.79 Å². The van der Waals surface area contributed by atoms with Crippen molar-refractivity contribution in [2.45, 2.75) is 51.1 Å². The highest BCUT2D eigenvalue weighted by Gasteiger charge is 2.23. The molecule has 1 N–H and O–H groups in total. The van der Waals surface area contributed by atoms with Gasteiger partial charge >= 0.3 is 0 Å². The smallest absolute Gasteiger partial charge is 0.267 e. The van der Waals surface area contributed by atoms with Gasteiger partial charge in [-0.05, 0) is 68.7 Å². The Morgan fingerprint density at radius 2 is 2.07 bits per heavy atom. The third kappa shape index (κ3) is 3.46. The molecule has 4 nitrogen and oxygen atoms in total. The van der Waals surface area contributed by atoms with Crippen molar-refractivity contribution in [3.63, 3.8) is 0 Å². The van der Waals surface area contributed by atoms with E-state index in [0.717, 1.165) is 57.2 Å². The van der Waals surface area contributed by atoms with E-state index in [1.807, 2.05) is 13.8 Å². The molecule has 0 bridgehead atoms. The SMILES string of the molecule is Cc1ccc(C)c(-n2c(SCCCO)nc3sc4c(c3c2=O)CCCC4)c1. The summed E-state index contributed by atoms with van der Waals surface area (Å²) in [7, 11) is 0. The van der Waals surface area contributed by atoms with Crippen LogP contribution in [0.3, 0.4) is 0 Å². The van der Waals surface area contributed by atoms with Gasteiger partial charge in [-0.3, -0.25) is 9.36 Å². The predicted octanol–water partition coefficient (Wildman–Crippen LogP) is 4.42. The number of hydrogen-bond donors (Lipinski definition) is 1. The molecule has 1 aromatic carbocycles. The first-order valence-electron chi connectivity index (χ1n) is 9.48. The fraction of sp³-hybridized carbons (Fsp3) is 0.429. The zero-order valence-corrected chi connectivity index (χ0v) is 17.4. The average Bonchev–Trinajstić information content (AvgIpc) is 3.03. The highest BCUT2D eigenvalue weighted by molar-refractivity contribution is 7.99. The number of rotatable bonds is 5. The van der Waals surface area contributed by atoms with Crippen molar-refractivity contribution in [1.29, 1.82) is 0 Å². The van der Waals surface area contributed by atoms with E-state index in [1.54, 1.807) is 27.7 Å². The molecular formula is C21H24N2O2S2. The molecule has 1 aliphatic carbocycles. The number of aryl methyl sites for hydroxylation is 4. The Hall–Kier alpha value is -1.63. The Morgan fingerprint density at radius 1 is 1.26 bits per heavy atom. The largest absolute Gasteiger partial charge is 0.396 e. The van der Waals surface area contributed by atoms with Gasteiger partial charge in [-0.15, -0.1) is 11.3 Å². The Morgan fingerprint density at radius 3 is 2.89 bits per heavy atom. The molecule has 0 saturated carbocycles. The minimum Gasteiger partial charge on any atom is -0.396 e. The molecule has 0 atom stereocenters. The van der Waals surface area contributed by atoms with Gasteiger partial charge in [0.2, 0.25) is 0 Å². The maximum atomic E-state index is 13.6. The summed E-state index contributed by atoms with van der Waals surface area (Å²) in [4.78, 5) is 20.8. The molecule has 0 radical (unpaired) electrons. The van der Waals surface area contributed by atoms with Gasteiger partial charge in [-0.2, -0.15) is 0 Å². The van der Waals surface area contributed by atoms with Crippen LogP contribution in [-0.4, -0.2) is 27.0 Å². The second-order valence-electron chi connectivity index (χ2n) is 7.14. The molecule has 142 valence electrons. The van der Waals surface area contributed by atoms with E-state index in [0.29, 0.717) is 6.42 Å². The summed E-state index contributed by atoms with van der Waals surface area (Å²) < 4.78 is 1.80. The molecule has 2 heterocycles. The maximum absolute atomic E-state index is 13.6. The van der Waals surface area contributed by atoms with Gasteiger partial charge in [0.1, 0.15) is 4.83 Å². The molecule has 0 saturated heterocycles. The van der Waals surface area contributed by atoms with Gasteiger partial charge in [-0.1, -0.05) is 23.9 Å². The first-order valence-corrected chi connectivity index (χ1v) is 11.3. The van der Waals surface area contributed by atoms with E-state index < -0.39 is 0 Å². The van der Waals surface area contributed by atoms with E-state index in [-0.39, 0.29) is 12.2 Å². The highest BCUT2D eigenvalue weighted by Crippen LogP contribution is 2.35. The maximum Gasteiger partial charge on any atom is 0.267 e. The molecule has 6 heteroatoms. The number of aliphatic hydroxyl groups excluding tert-OH is 1. The Kier molecular flexibility index (Phi) is 5.39. The first kappa shape index (κ1) is 18.7. The van der Waals surface area contributed by atoms with Crippen LogP contribution in [0.25, 0.3) is 15.9 Å². The number of aromatic nitrogens is 2. The number of fused-ring (bicyclic) bond motifs is 3. The van der Waals surface area contributed by atoms with Crippen molar-refractivity contribution < 1.29 is 5.11 Å². The summed E-state index contributed by atoms with van der Waals surface area (Å²) in [6.45, 7) is 4.23. The summed E-state index contributed by atoms with van der Waals surface area (Å²) in [6, 6.07) is 6.20. The van der Waals surface area contributed by atoms with Crippen molar-refractivity contribution in [3.8, 4) is 5.69 Å². The number of thioether (sulfide) groups is 1. The minimum atomic E-state index is 0.0552. The van der Waals surface area contributed by atoms with Crippen LogP contribution in [0.4, 0.5) is 0 Å². The molecule has 0 fully saturated rings. The molecule has 0 amide bonds. The average molecular weight is 401 g/mol. The summed E-state index contributed by atoms with van der Waals surface area (Å²) in [5, 5.41) is 10.7. The normalized spacial score (nSPS) is 13.9. The van der Waals surface area contributed by atoms with E-state index in [4.69, 9.17) is 10.1 Å². The molecule has 2 aromatic heterocycles. The molecule has 0 unspecified atom stereocenters. The minimum absolute atomic E-state index is 0.0552. The van der Waals surface area contributed by atoms with Crippen LogP contribution in [0, 0.1) is 13.8 Å². The molecule has 3 aromatic rings. The highest BCUT2D eigenvalue weighted by atomic mass is 32.2. The fourth-order valence-electron chi connectivity index (χ4n) is 3.68. The third-order valence-electron chi connectivity index (χ3n) is 5.10. The van der Waals surface area contributed by atoms with Gasteiger partial charge in [-0.25, -0.2) is 4.98 Å². The number of nitrogens with zero attached hydrogens (tertiary/aromatic N) is 2. The van der Waals surface area contributed by atoms with E-state index in [1.165, 1.54) is 16.9 Å². The molecule has 0 aliphatic heterocycles. The number of thiophene rings is 1. The van der Waals surface area contributed by atoms with Gasteiger partial charge in [0.05, 0.1) is 11.1 Å². The van der Waals surface area contributed by atoms with Crippen LogP contribution in [0.5, 0.6) is 0 Å². The lowest BCUT2D eigenvalue weighted by molar-refractivity contribution is 0.296. The zero-order valence-electron chi connectivity index (χ0n) is 15.7. The molecule has 0 spiro atoms. The fourth-order valence-corrected chi connectivity index (χ4v) is 5.92. The van der Waals surface area contributed by atoms with Gasteiger partial charge in [0.15, 0.2) is 5.16 Å². The second kappa shape index (κ2) is 7.78. The van der Waals surface area contributed by atoms with E-state index in [2.05, 4.69) is 18.2 Å². The first-order chi connectivity index (χ1) is 13.1. The van der Waals surface area contributed by atoms with Crippen LogP contribution in [0.1, 0.15) is 40.8 Å². The van der Waals surface area contributed by atoms with Crippen LogP contribution in [-0.2, 0) is 12.8 Å². The van der Waals surface area contributed by atoms with Crippen molar-refractivity contribution in [2.75, 3.05) is 12.4 Å². The van der Waals surface area contributed by atoms with Crippen molar-refractivity contribution >= 4 is 33.3 Å². The van der Waals surface area contributed by atoms with Crippen molar-refractivity contribution in [2.24, 2.45) is 0 Å². The Labute approximate surface area is 167 Å². The van der Waals surface area contributed by atoms with E-state index >= 15 is 0 Å². The van der Waals surface area contributed by atoms with Crippen LogP contribution in [0.15, 0.2) is 28.2 Å². The van der Waals surface area contributed by atoms with Crippen molar-refractivity contribution in [3.05, 3.63) is 50.1 Å². The second-order valence-corrected chi connectivity index (χ2v) is 9.29. The van der Waals surface area contributed by atoms with Crippen LogP contribution >= 0.6 is 23.1 Å². The summed E-state index contributed by atoms with van der Waals surface area (Å²) in [6.07, 6.45) is 5.08. The van der Waals surface area contributed by atoms with Gasteiger partial charge in [0.25, 0.3) is 5.56 Å². The standard InChI is InChI=1S/C21H24N2O2S2/c1-13-8-9-14(2)16(12-13)23-20(25)18-15-6-3-4-7-17(15)27-19(18)22-21(23)26-11-5-10-24/h8-9,12,24H,3-7,10-11H2,1-2H3. The number of hydrogen-bond acceptors (Lipinski definition) is 5. The molecule has 4 rings (SSSR count). The lowest BCUT2D eigenvalue weighted by atomic mass is 9.97. The number of aliphatic hydroxyl groups is 1. The quantitative estimate of drug-likeness (QED) is 0.391. The van der Waals surface area contributed by atoms with Crippen LogP contribution in [0.2, 0.25) is 0 Å². The van der Waals surface area contributed by atoms with Crippen LogP contribution < -0.4 is 5.56 Å². The molecule has 1 aliphatic rings. The Bertz CT molecular complexity index is 1050. The van der Waals surface area contributed by atoms with Gasteiger partial charge < -0.3 is 5.11 Å². The Balaban J connectivity index is 1.98. The lowest BCUT2D eigenvalue weighted by Crippen LogP contribution is -2.23. The zero-order chi connectivity index (χ0) is 19.0. The summed E-state index contributed by atoms with van der Waals surface area (Å²) in [5.74, 6) is 0.740. The van der Waals surface area contributed by atoms with Gasteiger partial charge in [0, 0.05) is 17.2 Å². The summed E-state index contributed by atoms with van der Waals surface area (Å²) >= 11 is 3.25. The van der Waals surface area contributed by atoms with Crippen molar-refractivity contribution in [1.82, 2.24) is 9.55 Å². The number of benzene rings is 1. The lowest BCUT2D eigenvalue weighted by Gasteiger charge is -2.15. The molecule has 27 heavy (non-hydrogen) atoms.